The minimum Gasteiger partial charge on any atom is -0.377 e. The van der Waals surface area contributed by atoms with Crippen molar-refractivity contribution in [2.75, 3.05) is 19.7 Å². The number of nitrogens with zero attached hydrogens (tertiary/aromatic N) is 2. The summed E-state index contributed by atoms with van der Waals surface area (Å²) < 4.78 is 5.55. The molecule has 1 saturated heterocycles. The zero-order valence-corrected chi connectivity index (χ0v) is 8.78. The van der Waals surface area contributed by atoms with Gasteiger partial charge in [0, 0.05) is 19.7 Å². The molecule has 14 heavy (non-hydrogen) atoms. The molecule has 0 aromatic carbocycles. The highest BCUT2D eigenvalue weighted by Crippen LogP contribution is 2.23. The molecule has 1 unspecified atom stereocenters. The van der Waals surface area contributed by atoms with Gasteiger partial charge >= 0.3 is 0 Å². The topological polar surface area (TPSA) is 50.8 Å². The summed E-state index contributed by atoms with van der Waals surface area (Å²) in [4.78, 5) is 6.60. The van der Waals surface area contributed by atoms with Gasteiger partial charge in [-0.2, -0.15) is 0 Å². The van der Waals surface area contributed by atoms with Crippen LogP contribution in [0.3, 0.4) is 0 Å². The van der Waals surface area contributed by atoms with E-state index in [1.807, 2.05) is 0 Å². The van der Waals surface area contributed by atoms with Crippen molar-refractivity contribution >= 4 is 5.96 Å². The first-order chi connectivity index (χ1) is 6.75. The number of guanidine groups is 1. The third-order valence-electron chi connectivity index (χ3n) is 2.64. The van der Waals surface area contributed by atoms with Crippen molar-refractivity contribution in [3.05, 3.63) is 0 Å². The normalized spacial score (nSPS) is 30.2. The van der Waals surface area contributed by atoms with Gasteiger partial charge in [0.15, 0.2) is 5.96 Å². The minimum absolute atomic E-state index is 0.269. The average molecular weight is 197 g/mol. The third kappa shape index (κ3) is 2.61. The molecule has 0 aromatic rings. The minimum atomic E-state index is 0.269. The van der Waals surface area contributed by atoms with E-state index in [9.17, 15) is 0 Å². The van der Waals surface area contributed by atoms with Crippen LogP contribution in [0.5, 0.6) is 0 Å². The summed E-state index contributed by atoms with van der Waals surface area (Å²) in [6.45, 7) is 4.78. The van der Waals surface area contributed by atoms with Gasteiger partial charge in [0.1, 0.15) is 0 Å². The molecule has 80 valence electrons. The van der Waals surface area contributed by atoms with E-state index < -0.39 is 0 Å². The summed E-state index contributed by atoms with van der Waals surface area (Å²) in [5.74, 6) is 0.713. The SMILES string of the molecule is CC1CN(C(N)=NC2CC2)CCCO1. The molecule has 1 saturated carbocycles. The van der Waals surface area contributed by atoms with E-state index in [1.54, 1.807) is 0 Å². The predicted molar refractivity (Wildman–Crippen MR) is 56.2 cm³/mol. The van der Waals surface area contributed by atoms with Crippen molar-refractivity contribution in [1.29, 1.82) is 0 Å². The van der Waals surface area contributed by atoms with E-state index in [-0.39, 0.29) is 6.10 Å². The molecule has 0 radical (unpaired) electrons. The van der Waals surface area contributed by atoms with Gasteiger partial charge in [-0.05, 0) is 26.2 Å². The number of hydrogen-bond donors (Lipinski definition) is 1. The van der Waals surface area contributed by atoms with Crippen LogP contribution in [0.15, 0.2) is 4.99 Å². The van der Waals surface area contributed by atoms with Crippen LogP contribution < -0.4 is 5.73 Å². The molecule has 4 heteroatoms. The Labute approximate surface area is 85.1 Å². The summed E-state index contributed by atoms with van der Waals surface area (Å²) in [6.07, 6.45) is 3.73. The van der Waals surface area contributed by atoms with Gasteiger partial charge in [-0.25, -0.2) is 4.99 Å². The molecule has 0 bridgehead atoms. The Morgan fingerprint density at radius 1 is 1.50 bits per heavy atom. The number of rotatable bonds is 1. The van der Waals surface area contributed by atoms with Crippen LogP contribution in [0.1, 0.15) is 26.2 Å². The molecule has 0 amide bonds. The Morgan fingerprint density at radius 2 is 2.29 bits per heavy atom. The van der Waals surface area contributed by atoms with E-state index in [1.165, 1.54) is 12.8 Å². The maximum absolute atomic E-state index is 5.94. The molecule has 2 rings (SSSR count). The molecule has 4 nitrogen and oxygen atoms in total. The Bertz CT molecular complexity index is 225. The van der Waals surface area contributed by atoms with Crippen LogP contribution in [-0.4, -0.2) is 42.7 Å². The van der Waals surface area contributed by atoms with E-state index in [0.29, 0.717) is 12.0 Å². The first kappa shape index (κ1) is 9.77. The molecule has 1 aliphatic carbocycles. The van der Waals surface area contributed by atoms with E-state index in [2.05, 4.69) is 16.8 Å². The van der Waals surface area contributed by atoms with Crippen molar-refractivity contribution in [1.82, 2.24) is 4.90 Å². The zero-order chi connectivity index (χ0) is 9.97. The first-order valence-electron chi connectivity index (χ1n) is 5.45. The third-order valence-corrected chi connectivity index (χ3v) is 2.64. The standard InChI is InChI=1S/C10H19N3O/c1-8-7-13(5-2-6-14-8)10(11)12-9-3-4-9/h8-9H,2-7H2,1H3,(H2,11,12). The van der Waals surface area contributed by atoms with Crippen molar-refractivity contribution in [3.8, 4) is 0 Å². The number of ether oxygens (including phenoxy) is 1. The lowest BCUT2D eigenvalue weighted by Crippen LogP contribution is -2.41. The Hall–Kier alpha value is -0.770. The second-order valence-electron chi connectivity index (χ2n) is 4.20. The van der Waals surface area contributed by atoms with Crippen LogP contribution in [0.2, 0.25) is 0 Å². The smallest absolute Gasteiger partial charge is 0.191 e. The van der Waals surface area contributed by atoms with Crippen molar-refractivity contribution in [3.63, 3.8) is 0 Å². The van der Waals surface area contributed by atoms with Gasteiger partial charge in [0.25, 0.3) is 0 Å². The molecular formula is C10H19N3O. The molecule has 2 N–H and O–H groups in total. The maximum atomic E-state index is 5.94. The average Bonchev–Trinajstić information content (AvgIpc) is 2.93. The first-order valence-corrected chi connectivity index (χ1v) is 5.45. The van der Waals surface area contributed by atoms with Crippen molar-refractivity contribution in [2.24, 2.45) is 10.7 Å². The monoisotopic (exact) mass is 197 g/mol. The Kier molecular flexibility index (Phi) is 2.91. The van der Waals surface area contributed by atoms with Crippen LogP contribution in [0.25, 0.3) is 0 Å². The Morgan fingerprint density at radius 3 is 3.00 bits per heavy atom. The lowest BCUT2D eigenvalue weighted by Gasteiger charge is -2.22. The molecule has 2 aliphatic rings. The fourth-order valence-corrected chi connectivity index (χ4v) is 1.67. The quantitative estimate of drug-likeness (QED) is 0.494. The lowest BCUT2D eigenvalue weighted by molar-refractivity contribution is 0.0742. The zero-order valence-electron chi connectivity index (χ0n) is 8.78. The van der Waals surface area contributed by atoms with E-state index >= 15 is 0 Å². The highest BCUT2D eigenvalue weighted by molar-refractivity contribution is 5.78. The molecule has 0 spiro atoms. The van der Waals surface area contributed by atoms with Crippen LogP contribution in [0.4, 0.5) is 0 Å². The molecule has 1 heterocycles. The van der Waals surface area contributed by atoms with Gasteiger partial charge in [0.05, 0.1) is 12.1 Å². The van der Waals surface area contributed by atoms with Gasteiger partial charge in [-0.1, -0.05) is 0 Å². The molecule has 1 atom stereocenters. The van der Waals surface area contributed by atoms with Crippen LogP contribution in [0, 0.1) is 0 Å². The summed E-state index contributed by atoms with van der Waals surface area (Å²) in [6, 6.07) is 0.509. The summed E-state index contributed by atoms with van der Waals surface area (Å²) in [5.41, 5.74) is 5.94. The molecule has 0 aromatic heterocycles. The largest absolute Gasteiger partial charge is 0.377 e. The second kappa shape index (κ2) is 4.17. The van der Waals surface area contributed by atoms with Crippen LogP contribution in [-0.2, 0) is 4.74 Å². The van der Waals surface area contributed by atoms with E-state index in [4.69, 9.17) is 10.5 Å². The van der Waals surface area contributed by atoms with Gasteiger partial charge in [-0.15, -0.1) is 0 Å². The molecule has 1 aliphatic heterocycles. The summed E-state index contributed by atoms with van der Waals surface area (Å²) in [7, 11) is 0. The highest BCUT2D eigenvalue weighted by Gasteiger charge is 2.23. The second-order valence-corrected chi connectivity index (χ2v) is 4.20. The van der Waals surface area contributed by atoms with Crippen molar-refractivity contribution < 1.29 is 4.74 Å². The summed E-state index contributed by atoms with van der Waals surface area (Å²) >= 11 is 0. The lowest BCUT2D eigenvalue weighted by atomic mass is 10.3. The molecular weight excluding hydrogens is 178 g/mol. The van der Waals surface area contributed by atoms with Crippen LogP contribution >= 0.6 is 0 Å². The highest BCUT2D eigenvalue weighted by atomic mass is 16.5. The number of nitrogens with two attached hydrogens (primary N) is 1. The number of aliphatic imine (C=N–C) groups is 1. The Balaban J connectivity index is 1.93. The fraction of sp³-hybridized carbons (Fsp3) is 0.900. The summed E-state index contributed by atoms with van der Waals surface area (Å²) in [5, 5.41) is 0. The predicted octanol–water partition coefficient (Wildman–Crippen LogP) is 0.574. The van der Waals surface area contributed by atoms with Gasteiger partial charge in [-0.3, -0.25) is 0 Å². The maximum Gasteiger partial charge on any atom is 0.191 e. The van der Waals surface area contributed by atoms with Gasteiger partial charge < -0.3 is 15.4 Å². The van der Waals surface area contributed by atoms with Crippen molar-refractivity contribution in [2.45, 2.75) is 38.3 Å². The molecule has 2 fully saturated rings. The van der Waals surface area contributed by atoms with Gasteiger partial charge in [0.2, 0.25) is 0 Å². The van der Waals surface area contributed by atoms with E-state index in [0.717, 1.165) is 26.1 Å². The number of hydrogen-bond acceptors (Lipinski definition) is 2. The fourth-order valence-electron chi connectivity index (χ4n) is 1.67.